The number of amides is 2. The van der Waals surface area contributed by atoms with Gasteiger partial charge in [-0.2, -0.15) is 5.10 Å². The molecule has 0 saturated carbocycles. The minimum atomic E-state index is -0.430. The molecule has 3 aromatic carbocycles. The van der Waals surface area contributed by atoms with Crippen molar-refractivity contribution in [1.82, 2.24) is 15.2 Å². The molecule has 0 fully saturated rings. The smallest absolute Gasteiger partial charge is 0.323 e. The van der Waals surface area contributed by atoms with Crippen molar-refractivity contribution >= 4 is 39.1 Å². The van der Waals surface area contributed by atoms with E-state index in [2.05, 4.69) is 31.9 Å². The number of rotatable bonds is 5. The van der Waals surface area contributed by atoms with Crippen LogP contribution in [0.3, 0.4) is 0 Å². The summed E-state index contributed by atoms with van der Waals surface area (Å²) in [4.78, 5) is 29.4. The Morgan fingerprint density at radius 2 is 1.76 bits per heavy atom. The average molecular weight is 451 g/mol. The maximum atomic E-state index is 12.5. The van der Waals surface area contributed by atoms with Gasteiger partial charge in [0.1, 0.15) is 5.75 Å². The zero-order valence-electron chi connectivity index (χ0n) is 18.3. The Labute approximate surface area is 194 Å². The Hall–Kier alpha value is -4.72. The number of nitrogens with one attached hydrogen (secondary N) is 3. The number of aromatic amines is 1. The third-order valence-corrected chi connectivity index (χ3v) is 5.47. The van der Waals surface area contributed by atoms with Gasteiger partial charge < -0.3 is 15.4 Å². The van der Waals surface area contributed by atoms with Crippen LogP contribution in [0.4, 0.5) is 16.2 Å². The van der Waals surface area contributed by atoms with Crippen LogP contribution in [0.2, 0.25) is 0 Å². The van der Waals surface area contributed by atoms with Crippen molar-refractivity contribution in [2.24, 2.45) is 0 Å². The van der Waals surface area contributed by atoms with Gasteiger partial charge in [0.15, 0.2) is 0 Å². The number of H-pyrrole nitrogens is 1. The Kier molecular flexibility index (Phi) is 5.61. The normalized spacial score (nSPS) is 10.9. The summed E-state index contributed by atoms with van der Waals surface area (Å²) in [5, 5.41) is 14.6. The summed E-state index contributed by atoms with van der Waals surface area (Å²) in [6.07, 6.45) is 2.33. The van der Waals surface area contributed by atoms with E-state index in [9.17, 15) is 9.59 Å². The number of carbonyl (C=O) groups is 1. The molecule has 5 aromatic rings. The third kappa shape index (κ3) is 4.42. The number of hydrogen-bond acceptors (Lipinski definition) is 5. The quantitative estimate of drug-likeness (QED) is 0.358. The van der Waals surface area contributed by atoms with Gasteiger partial charge in [-0.05, 0) is 42.0 Å². The van der Waals surface area contributed by atoms with Gasteiger partial charge >= 0.3 is 6.03 Å². The molecule has 0 atom stereocenters. The van der Waals surface area contributed by atoms with Crippen molar-refractivity contribution in [3.63, 3.8) is 0 Å². The lowest BCUT2D eigenvalue weighted by atomic mass is 10.0. The zero-order valence-corrected chi connectivity index (χ0v) is 18.3. The van der Waals surface area contributed by atoms with Crippen LogP contribution in [-0.4, -0.2) is 28.3 Å². The van der Waals surface area contributed by atoms with Crippen molar-refractivity contribution in [3.05, 3.63) is 101 Å². The summed E-state index contributed by atoms with van der Waals surface area (Å²) in [5.74, 6) is 0.636. The first-order chi connectivity index (χ1) is 16.6. The molecule has 0 aliphatic heterocycles. The largest absolute Gasteiger partial charge is 0.497 e. The van der Waals surface area contributed by atoms with Crippen LogP contribution in [0, 0.1) is 0 Å². The minimum absolute atomic E-state index is 0.327. The Morgan fingerprint density at radius 1 is 0.941 bits per heavy atom. The topological polar surface area (TPSA) is 109 Å². The lowest BCUT2D eigenvalue weighted by Crippen LogP contribution is -2.20. The highest BCUT2D eigenvalue weighted by atomic mass is 16.5. The molecule has 2 heterocycles. The van der Waals surface area contributed by atoms with Crippen molar-refractivity contribution in [2.45, 2.75) is 6.42 Å². The van der Waals surface area contributed by atoms with Gasteiger partial charge in [-0.3, -0.25) is 9.78 Å². The number of methoxy groups -OCH3 is 1. The van der Waals surface area contributed by atoms with E-state index in [0.29, 0.717) is 28.9 Å². The number of urea groups is 1. The summed E-state index contributed by atoms with van der Waals surface area (Å²) < 4.78 is 5.17. The zero-order chi connectivity index (χ0) is 23.5. The highest BCUT2D eigenvalue weighted by molar-refractivity contribution is 6.01. The van der Waals surface area contributed by atoms with Crippen molar-refractivity contribution < 1.29 is 9.53 Å². The first-order valence-corrected chi connectivity index (χ1v) is 10.7. The van der Waals surface area contributed by atoms with E-state index in [1.807, 2.05) is 30.5 Å². The number of para-hydroxylation sites is 1. The lowest BCUT2D eigenvalue weighted by molar-refractivity contribution is 0.262. The van der Waals surface area contributed by atoms with Gasteiger partial charge in [-0.1, -0.05) is 30.3 Å². The first kappa shape index (κ1) is 21.1. The third-order valence-electron chi connectivity index (χ3n) is 5.47. The number of anilines is 2. The highest BCUT2D eigenvalue weighted by Gasteiger charge is 2.11. The fourth-order valence-corrected chi connectivity index (χ4v) is 3.84. The number of fused-ring (bicyclic) bond motifs is 2. The molecule has 2 amide bonds. The van der Waals surface area contributed by atoms with E-state index < -0.39 is 6.03 Å². The second-order valence-corrected chi connectivity index (χ2v) is 7.78. The molecule has 8 heteroatoms. The predicted octanol–water partition coefficient (Wildman–Crippen LogP) is 4.71. The number of aromatic nitrogens is 3. The fourth-order valence-electron chi connectivity index (χ4n) is 3.84. The molecule has 3 N–H and O–H groups in total. The molecule has 0 spiro atoms. The fraction of sp³-hybridized carbons (Fsp3) is 0.0769. The lowest BCUT2D eigenvalue weighted by Gasteiger charge is -2.10. The van der Waals surface area contributed by atoms with E-state index in [1.165, 1.54) is 0 Å². The monoisotopic (exact) mass is 451 g/mol. The van der Waals surface area contributed by atoms with Crippen molar-refractivity contribution in [2.75, 3.05) is 17.7 Å². The molecule has 0 aliphatic rings. The van der Waals surface area contributed by atoms with E-state index in [0.717, 1.165) is 27.5 Å². The van der Waals surface area contributed by atoms with Crippen LogP contribution in [0.5, 0.6) is 5.75 Å². The molecule has 0 radical (unpaired) electrons. The molecule has 0 bridgehead atoms. The van der Waals surface area contributed by atoms with Crippen molar-refractivity contribution in [3.8, 4) is 5.75 Å². The molecule has 0 aliphatic carbocycles. The van der Waals surface area contributed by atoms with Crippen LogP contribution in [0.1, 0.15) is 11.3 Å². The maximum absolute atomic E-state index is 12.5. The number of nitrogens with zero attached hydrogens (tertiary/aromatic N) is 2. The van der Waals surface area contributed by atoms with Gasteiger partial charge in [0.25, 0.3) is 5.56 Å². The van der Waals surface area contributed by atoms with Crippen LogP contribution in [0.15, 0.2) is 83.8 Å². The molecule has 0 unspecified atom stereocenters. The molecule has 5 rings (SSSR count). The highest BCUT2D eigenvalue weighted by Crippen LogP contribution is 2.22. The Morgan fingerprint density at radius 3 is 2.62 bits per heavy atom. The summed E-state index contributed by atoms with van der Waals surface area (Å²) in [6, 6.07) is 21.8. The summed E-state index contributed by atoms with van der Waals surface area (Å²) >= 11 is 0. The molecule has 168 valence electrons. The van der Waals surface area contributed by atoms with E-state index in [4.69, 9.17) is 4.74 Å². The van der Waals surface area contributed by atoms with E-state index in [-0.39, 0.29) is 5.56 Å². The van der Waals surface area contributed by atoms with Gasteiger partial charge in [-0.15, -0.1) is 0 Å². The summed E-state index contributed by atoms with van der Waals surface area (Å²) in [5.41, 5.74) is 3.38. The average Bonchev–Trinajstić information content (AvgIpc) is 2.86. The van der Waals surface area contributed by atoms with Gasteiger partial charge in [0.2, 0.25) is 0 Å². The van der Waals surface area contributed by atoms with Crippen LogP contribution in [0.25, 0.3) is 21.7 Å². The number of hydrogen-bond donors (Lipinski definition) is 3. The molecule has 2 aromatic heterocycles. The predicted molar refractivity (Wildman–Crippen MR) is 133 cm³/mol. The van der Waals surface area contributed by atoms with Crippen molar-refractivity contribution in [1.29, 1.82) is 0 Å². The number of pyridine rings is 1. The second kappa shape index (κ2) is 9.03. The second-order valence-electron chi connectivity index (χ2n) is 7.78. The van der Waals surface area contributed by atoms with Crippen LogP contribution < -0.4 is 20.9 Å². The van der Waals surface area contributed by atoms with Gasteiger partial charge in [0, 0.05) is 40.8 Å². The molecular formula is C26H21N5O3. The van der Waals surface area contributed by atoms with Gasteiger partial charge in [0.05, 0.1) is 23.7 Å². The molecular weight excluding hydrogens is 430 g/mol. The van der Waals surface area contributed by atoms with Crippen LogP contribution in [-0.2, 0) is 6.42 Å². The van der Waals surface area contributed by atoms with E-state index in [1.54, 1.807) is 49.6 Å². The van der Waals surface area contributed by atoms with Crippen LogP contribution >= 0.6 is 0 Å². The SMILES string of the molecule is COc1cccc(NC(=O)Nc2ccc3c(Cc4cnc5ccccc5c4)n[nH]c(=O)c3c2)c1. The summed E-state index contributed by atoms with van der Waals surface area (Å²) in [6.45, 7) is 0. The molecule has 8 nitrogen and oxygen atoms in total. The number of ether oxygens (including phenoxy) is 1. The Balaban J connectivity index is 1.39. The maximum Gasteiger partial charge on any atom is 0.323 e. The molecule has 0 saturated heterocycles. The van der Waals surface area contributed by atoms with E-state index >= 15 is 0 Å². The first-order valence-electron chi connectivity index (χ1n) is 10.7. The van der Waals surface area contributed by atoms with Gasteiger partial charge in [-0.25, -0.2) is 9.89 Å². The molecule has 34 heavy (non-hydrogen) atoms. The number of carbonyl (C=O) groups excluding carboxylic acids is 1. The minimum Gasteiger partial charge on any atom is -0.497 e. The standard InChI is InChI=1S/C26H21N5O3/c1-34-20-7-4-6-18(13-20)28-26(33)29-19-9-10-21-22(14-19)25(32)31-30-24(21)12-16-11-17-5-2-3-8-23(17)27-15-16/h2-11,13-15H,12H2,1H3,(H,31,32)(H2,28,29,33). The Bertz CT molecular complexity index is 1580. The number of benzene rings is 3. The summed E-state index contributed by atoms with van der Waals surface area (Å²) in [7, 11) is 1.56.